The summed E-state index contributed by atoms with van der Waals surface area (Å²) in [5, 5.41) is 0. The Balaban J connectivity index is -0.0000000916. The molecule has 4 unspecified atom stereocenters. The second-order valence-corrected chi connectivity index (χ2v) is 11.3. The van der Waals surface area contributed by atoms with Crippen LogP contribution in [0.25, 0.3) is 0 Å². The quantitative estimate of drug-likeness (QED) is 0.0428. The molecule has 0 aromatic heterocycles. The molecule has 54 heavy (non-hydrogen) atoms. The van der Waals surface area contributed by atoms with Crippen LogP contribution in [0, 0.1) is 33.6 Å². The van der Waals surface area contributed by atoms with Crippen LogP contribution < -0.4 is 0 Å². The Morgan fingerprint density at radius 1 is 0.537 bits per heavy atom. The molecule has 0 aliphatic rings. The molecule has 328 valence electrons. The minimum Gasteiger partial charge on any atom is -0.359 e. The van der Waals surface area contributed by atoms with Crippen molar-refractivity contribution in [3.8, 4) is 0 Å². The van der Waals surface area contributed by atoms with Crippen molar-refractivity contribution in [2.45, 2.75) is 121 Å². The van der Waals surface area contributed by atoms with Gasteiger partial charge in [-0.1, -0.05) is 130 Å². The Morgan fingerprint density at radius 2 is 0.889 bits per heavy atom. The molecule has 4 atom stereocenters. The maximum absolute atomic E-state index is 5.44. The number of ether oxygens (including phenoxy) is 4. The van der Waals surface area contributed by atoms with E-state index in [4.69, 9.17) is 37.0 Å². The minimum atomic E-state index is 0. The van der Waals surface area contributed by atoms with Crippen LogP contribution >= 0.6 is 18.1 Å². The molecule has 12 heteroatoms. The zero-order valence-electron chi connectivity index (χ0n) is 36.1. The van der Waals surface area contributed by atoms with Gasteiger partial charge in [0.1, 0.15) is 13.6 Å². The Kier molecular flexibility index (Phi) is 98.2. The third-order valence-corrected chi connectivity index (χ3v) is 5.61. The van der Waals surface area contributed by atoms with E-state index >= 15 is 0 Å². The molecule has 0 spiro atoms. The summed E-state index contributed by atoms with van der Waals surface area (Å²) in [6.45, 7) is 37.7. The van der Waals surface area contributed by atoms with Gasteiger partial charge in [-0.2, -0.15) is 25.7 Å². The molecule has 2 aromatic rings. The molecule has 8 nitrogen and oxygen atoms in total. The normalized spacial score (nSPS) is 10.4. The van der Waals surface area contributed by atoms with Crippen molar-refractivity contribution in [1.82, 2.24) is 0 Å². The van der Waals surface area contributed by atoms with Crippen LogP contribution in [0.4, 0.5) is 0 Å². The monoisotopic (exact) mass is 892 g/mol. The minimum absolute atomic E-state index is 0. The Morgan fingerprint density at radius 3 is 1.22 bits per heavy atom. The van der Waals surface area contributed by atoms with Gasteiger partial charge < -0.3 is 64.7 Å². The topological polar surface area (TPSA) is 73.8 Å². The average Bonchev–Trinajstić information content (AvgIpc) is 3.17. The molecule has 0 radical (unpaired) electrons. The van der Waals surface area contributed by atoms with Gasteiger partial charge in [-0.15, -0.1) is 0 Å². The van der Waals surface area contributed by atoms with Gasteiger partial charge >= 0.3 is 33.0 Å². The van der Waals surface area contributed by atoms with Gasteiger partial charge in [-0.3, -0.25) is 0 Å². The van der Waals surface area contributed by atoms with Crippen LogP contribution in [0.3, 0.4) is 0 Å². The molecule has 0 saturated carbocycles. The van der Waals surface area contributed by atoms with Gasteiger partial charge in [0.15, 0.2) is 18.1 Å². The standard InChI is InChI=1S/2C13H21O4P.4C3H7.2C2H6.2Ni/c1-12(8-15-11-14-2)9-16-18-17-10-13-6-4-3-5-7-13;1-3-13(15-11-14-2)10-17-18-16-9-12-7-5-4-6-8-12;4*1-3-2;2*1-2;;/h3-7,12,18H,8-11H2,1-2H3;4-8,13,18H,3,9-11H2,1-2H3;4*1,3H2,2H3;2*1-2H3;;/q;;4*-1;;;2*+2. The summed E-state index contributed by atoms with van der Waals surface area (Å²) in [6, 6.07) is 20.1. The largest absolute Gasteiger partial charge is 2.00 e. The van der Waals surface area contributed by atoms with Crippen molar-refractivity contribution in [2.24, 2.45) is 5.92 Å². The summed E-state index contributed by atoms with van der Waals surface area (Å²) in [4.78, 5) is 0. The smallest absolute Gasteiger partial charge is 0.359 e. The molecule has 0 N–H and O–H groups in total. The van der Waals surface area contributed by atoms with Crippen molar-refractivity contribution in [2.75, 3.05) is 47.6 Å². The van der Waals surface area contributed by atoms with Crippen molar-refractivity contribution >= 4 is 18.1 Å². The summed E-state index contributed by atoms with van der Waals surface area (Å²) in [7, 11) is 3.33. The molecule has 0 heterocycles. The van der Waals surface area contributed by atoms with E-state index in [-0.39, 0.29) is 57.2 Å². The molecule has 0 bridgehead atoms. The van der Waals surface area contributed by atoms with E-state index in [9.17, 15) is 0 Å². The molecule has 0 aliphatic carbocycles. The zero-order valence-corrected chi connectivity index (χ0v) is 40.1. The third-order valence-electron chi connectivity index (χ3n) is 4.52. The van der Waals surface area contributed by atoms with Crippen LogP contribution in [0.5, 0.6) is 0 Å². The van der Waals surface area contributed by atoms with Gasteiger partial charge in [0.05, 0.1) is 39.1 Å². The fourth-order valence-corrected chi connectivity index (χ4v) is 3.81. The van der Waals surface area contributed by atoms with E-state index < -0.39 is 0 Å². The van der Waals surface area contributed by atoms with E-state index in [1.807, 2.05) is 116 Å². The van der Waals surface area contributed by atoms with Crippen molar-refractivity contribution in [3.63, 3.8) is 0 Å². The summed E-state index contributed by atoms with van der Waals surface area (Å²) in [5.74, 6) is 0.341. The van der Waals surface area contributed by atoms with Crippen molar-refractivity contribution < 1.29 is 70.0 Å². The molecule has 0 fully saturated rings. The Hall–Kier alpha value is -0.0330. The predicted octanol–water partition coefficient (Wildman–Crippen LogP) is 13.1. The SMILES string of the molecule is CC.CC.CCC(COPOCc1ccccc1)OCOC.COCOCC(C)COPOCc1ccccc1.[CH2-]CC.[CH2-]CC.[CH2-]CC.[CH2-]CC.[Ni+2].[Ni+2]. The van der Waals surface area contributed by atoms with Gasteiger partial charge in [0.25, 0.3) is 0 Å². The molecular weight excluding hydrogens is 812 g/mol. The first-order valence-corrected chi connectivity index (χ1v) is 20.4. The van der Waals surface area contributed by atoms with E-state index in [0.29, 0.717) is 52.5 Å². The fourth-order valence-electron chi connectivity index (χ4n) is 2.59. The Labute approximate surface area is 360 Å². The van der Waals surface area contributed by atoms with E-state index in [1.165, 1.54) is 0 Å². The summed E-state index contributed by atoms with van der Waals surface area (Å²) in [6.07, 6.45) is 4.96. The van der Waals surface area contributed by atoms with Gasteiger partial charge in [-0.25, -0.2) is 0 Å². The van der Waals surface area contributed by atoms with Crippen LogP contribution in [0.15, 0.2) is 60.7 Å². The summed E-state index contributed by atoms with van der Waals surface area (Å²) < 4.78 is 42.0. The Bertz CT molecular complexity index is 781. The van der Waals surface area contributed by atoms with Crippen LogP contribution in [-0.4, -0.2) is 53.7 Å². The third kappa shape index (κ3) is 73.1. The molecule has 0 saturated heterocycles. The maximum Gasteiger partial charge on any atom is 2.00 e. The molecule has 2 aromatic carbocycles. The van der Waals surface area contributed by atoms with Crippen molar-refractivity contribution in [3.05, 3.63) is 99.5 Å². The maximum atomic E-state index is 5.44. The van der Waals surface area contributed by atoms with E-state index in [2.05, 4.69) is 41.5 Å². The van der Waals surface area contributed by atoms with Crippen LogP contribution in [0.1, 0.15) is 112 Å². The van der Waals surface area contributed by atoms with E-state index in [1.54, 1.807) is 14.2 Å². The fraction of sp³-hybridized carbons (Fsp3) is 0.619. The number of hydrogen-bond donors (Lipinski definition) is 0. The first-order chi connectivity index (χ1) is 25.3. The van der Waals surface area contributed by atoms with Crippen LogP contribution in [-0.2, 0) is 83.2 Å². The number of methoxy groups -OCH3 is 2. The van der Waals surface area contributed by atoms with Gasteiger partial charge in [0.2, 0.25) is 0 Å². The summed E-state index contributed by atoms with van der Waals surface area (Å²) in [5.41, 5.74) is 2.31. The first-order valence-electron chi connectivity index (χ1n) is 18.7. The van der Waals surface area contributed by atoms with Crippen LogP contribution in [0.2, 0.25) is 0 Å². The molecule has 0 aliphatic heterocycles. The zero-order chi connectivity index (χ0) is 40.9. The van der Waals surface area contributed by atoms with Gasteiger partial charge in [0, 0.05) is 20.1 Å². The molecule has 0 amide bonds. The second kappa shape index (κ2) is 74.0. The number of benzene rings is 2. The number of rotatable bonds is 20. The molecular formula is C42H82Ni2O8P2. The van der Waals surface area contributed by atoms with Crippen molar-refractivity contribution in [1.29, 1.82) is 0 Å². The molecule has 2 rings (SSSR count). The average molecular weight is 894 g/mol. The number of hydrogen-bond acceptors (Lipinski definition) is 8. The summed E-state index contributed by atoms with van der Waals surface area (Å²) >= 11 is 0. The van der Waals surface area contributed by atoms with E-state index in [0.717, 1.165) is 43.2 Å². The van der Waals surface area contributed by atoms with Gasteiger partial charge in [-0.05, 0) is 17.5 Å². The first kappa shape index (κ1) is 71.7. The predicted molar refractivity (Wildman–Crippen MR) is 230 cm³/mol. The second-order valence-electron chi connectivity index (χ2n) is 9.82.